The number of ether oxygens (including phenoxy) is 3. The van der Waals surface area contributed by atoms with Crippen molar-refractivity contribution in [1.29, 1.82) is 0 Å². The van der Waals surface area contributed by atoms with E-state index in [4.69, 9.17) is 24.2 Å². The number of hydrogen-bond donors (Lipinski definition) is 1. The molecule has 1 fully saturated rings. The van der Waals surface area contributed by atoms with Crippen molar-refractivity contribution in [3.8, 4) is 32.7 Å². The van der Waals surface area contributed by atoms with Gasteiger partial charge in [0, 0.05) is 28.6 Å². The maximum Gasteiger partial charge on any atom is 0.408 e. The van der Waals surface area contributed by atoms with Crippen LogP contribution in [0.25, 0.3) is 32.7 Å². The Kier molecular flexibility index (Phi) is 7.44. The van der Waals surface area contributed by atoms with Gasteiger partial charge in [0.1, 0.15) is 45.2 Å². The molecule has 1 aliphatic heterocycles. The van der Waals surface area contributed by atoms with E-state index in [0.717, 1.165) is 5.56 Å². The number of hydrogen-bond acceptors (Lipinski definition) is 13. The largest absolute Gasteiger partial charge is 0.461 e. The molecule has 0 aromatic carbocycles. The second-order valence-corrected chi connectivity index (χ2v) is 10.7. The highest BCUT2D eigenvalue weighted by molar-refractivity contribution is 7.13. The Morgan fingerprint density at radius 1 is 1.00 bits per heavy atom. The van der Waals surface area contributed by atoms with Crippen LogP contribution in [0, 0.1) is 0 Å². The number of nitrogens with zero attached hydrogens (tertiary/aromatic N) is 4. The lowest BCUT2D eigenvalue weighted by Gasteiger charge is -2.09. The Labute approximate surface area is 228 Å². The van der Waals surface area contributed by atoms with Crippen LogP contribution < -0.4 is 5.32 Å². The highest BCUT2D eigenvalue weighted by atomic mass is 32.1. The lowest BCUT2D eigenvalue weighted by Crippen LogP contribution is -2.20. The summed E-state index contributed by atoms with van der Waals surface area (Å²) in [6.45, 7) is 5.21. The molecule has 2 atom stereocenters. The highest BCUT2D eigenvalue weighted by Gasteiger charge is 2.34. The molecule has 38 heavy (non-hydrogen) atoms. The fraction of sp³-hybridized carbons (Fsp3) is 0.292. The number of carbonyl (C=O) groups excluding carboxylic acids is 3. The molecule has 0 aliphatic carbocycles. The summed E-state index contributed by atoms with van der Waals surface area (Å²) >= 11 is 4.07. The van der Waals surface area contributed by atoms with Crippen molar-refractivity contribution in [3.63, 3.8) is 0 Å². The van der Waals surface area contributed by atoms with Crippen molar-refractivity contribution < 1.29 is 28.6 Å². The molecule has 1 N–H and O–H groups in total. The predicted molar refractivity (Wildman–Crippen MR) is 141 cm³/mol. The van der Waals surface area contributed by atoms with Crippen LogP contribution in [0.5, 0.6) is 0 Å². The monoisotopic (exact) mass is 571 g/mol. The molecule has 4 aromatic heterocycles. The number of rotatable bonds is 8. The topological polar surface area (TPSA) is 142 Å². The number of cyclic esters (lactones) is 1. The molecule has 0 radical (unpaired) electrons. The maximum absolute atomic E-state index is 12.1. The van der Waals surface area contributed by atoms with Crippen molar-refractivity contribution in [2.24, 2.45) is 0 Å². The summed E-state index contributed by atoms with van der Waals surface area (Å²) in [5.41, 5.74) is 3.27. The van der Waals surface area contributed by atoms with E-state index in [2.05, 4.69) is 15.3 Å². The van der Waals surface area contributed by atoms with Crippen molar-refractivity contribution in [3.05, 3.63) is 44.7 Å². The minimum Gasteiger partial charge on any atom is -0.461 e. The second kappa shape index (κ2) is 10.9. The van der Waals surface area contributed by atoms with Crippen molar-refractivity contribution >= 4 is 52.0 Å². The Hall–Kier alpha value is -3.75. The van der Waals surface area contributed by atoms with E-state index in [1.807, 2.05) is 16.8 Å². The molecule has 0 unspecified atom stereocenters. The van der Waals surface area contributed by atoms with Crippen LogP contribution in [0.4, 0.5) is 4.79 Å². The molecule has 14 heteroatoms. The van der Waals surface area contributed by atoms with E-state index in [-0.39, 0.29) is 37.0 Å². The standard InChI is InChI=1S/C24H21N5O6S3/c1-4-33-23(31)17-10-37-21(28-17)15-6-5-14(20-25-13(8-36-20)7-34-12(3)30)19(26-15)16-9-38-22(27-16)18-11(2)35-24(32)29-18/h5-6,8-11,18H,4,7H2,1-3H3,(H,29,32)/t11-,18+/m1/s1. The summed E-state index contributed by atoms with van der Waals surface area (Å²) in [5, 5.41) is 10.0. The van der Waals surface area contributed by atoms with E-state index >= 15 is 0 Å². The minimum atomic E-state index is -0.492. The fourth-order valence-electron chi connectivity index (χ4n) is 3.63. The molecule has 5 rings (SSSR count). The third-order valence-corrected chi connectivity index (χ3v) is 8.09. The van der Waals surface area contributed by atoms with Gasteiger partial charge in [0.2, 0.25) is 0 Å². The van der Waals surface area contributed by atoms with Crippen LogP contribution >= 0.6 is 34.0 Å². The van der Waals surface area contributed by atoms with Gasteiger partial charge in [-0.1, -0.05) is 0 Å². The zero-order chi connectivity index (χ0) is 26.8. The van der Waals surface area contributed by atoms with E-state index in [1.54, 1.807) is 25.3 Å². The van der Waals surface area contributed by atoms with Crippen molar-refractivity contribution in [2.45, 2.75) is 39.5 Å². The molecule has 4 aromatic rings. The van der Waals surface area contributed by atoms with Gasteiger partial charge in [-0.3, -0.25) is 4.79 Å². The molecule has 0 bridgehead atoms. The summed E-state index contributed by atoms with van der Waals surface area (Å²) in [6, 6.07) is 3.31. The smallest absolute Gasteiger partial charge is 0.408 e. The number of pyridine rings is 1. The SMILES string of the molecule is CCOC(=O)c1csc(-c2ccc(-c3nc(COC(C)=O)cs3)c(-c3csc([C@H]4NC(=O)O[C@@H]4C)n3)n2)n1. The van der Waals surface area contributed by atoms with Crippen LogP contribution in [-0.4, -0.2) is 50.7 Å². The zero-order valence-corrected chi connectivity index (χ0v) is 22.9. The lowest BCUT2D eigenvalue weighted by molar-refractivity contribution is -0.142. The third-order valence-electron chi connectivity index (χ3n) is 5.37. The minimum absolute atomic E-state index is 0.0720. The summed E-state index contributed by atoms with van der Waals surface area (Å²) in [4.78, 5) is 53.7. The van der Waals surface area contributed by atoms with Gasteiger partial charge in [0.25, 0.3) is 0 Å². The fourth-order valence-corrected chi connectivity index (χ4v) is 6.16. The number of carbonyl (C=O) groups is 3. The third kappa shape index (κ3) is 5.42. The normalized spacial score (nSPS) is 16.7. The first kappa shape index (κ1) is 25.9. The van der Waals surface area contributed by atoms with Crippen LogP contribution in [0.1, 0.15) is 48.0 Å². The van der Waals surface area contributed by atoms with E-state index < -0.39 is 12.1 Å². The van der Waals surface area contributed by atoms with Gasteiger partial charge in [-0.2, -0.15) is 0 Å². The summed E-state index contributed by atoms with van der Waals surface area (Å²) in [5.74, 6) is -0.877. The van der Waals surface area contributed by atoms with Crippen LogP contribution in [0.3, 0.4) is 0 Å². The Morgan fingerprint density at radius 2 is 1.82 bits per heavy atom. The van der Waals surface area contributed by atoms with Gasteiger partial charge in [0.15, 0.2) is 5.69 Å². The highest BCUT2D eigenvalue weighted by Crippen LogP contribution is 2.37. The number of amides is 1. The molecule has 196 valence electrons. The number of thiazole rings is 3. The Balaban J connectivity index is 1.54. The molecular weight excluding hydrogens is 550 g/mol. The molecular formula is C24H21N5O6S3. The van der Waals surface area contributed by atoms with E-state index in [9.17, 15) is 14.4 Å². The maximum atomic E-state index is 12.1. The van der Waals surface area contributed by atoms with Crippen LogP contribution in [0.2, 0.25) is 0 Å². The molecule has 11 nitrogen and oxygen atoms in total. The summed E-state index contributed by atoms with van der Waals surface area (Å²) in [7, 11) is 0. The predicted octanol–water partition coefficient (Wildman–Crippen LogP) is 4.86. The second-order valence-electron chi connectivity index (χ2n) is 8.08. The summed E-state index contributed by atoms with van der Waals surface area (Å²) < 4.78 is 15.3. The molecule has 0 saturated carbocycles. The van der Waals surface area contributed by atoms with Crippen molar-refractivity contribution in [1.82, 2.24) is 25.3 Å². The Bertz CT molecular complexity index is 1510. The van der Waals surface area contributed by atoms with Gasteiger partial charge >= 0.3 is 18.0 Å². The molecule has 0 spiro atoms. The molecule has 1 saturated heterocycles. The van der Waals surface area contributed by atoms with Gasteiger partial charge < -0.3 is 19.5 Å². The van der Waals surface area contributed by atoms with Gasteiger partial charge in [-0.25, -0.2) is 29.5 Å². The quantitative estimate of drug-likeness (QED) is 0.230. The van der Waals surface area contributed by atoms with Crippen molar-refractivity contribution in [2.75, 3.05) is 6.61 Å². The average Bonchev–Trinajstić information content (AvgIpc) is 3.69. The lowest BCUT2D eigenvalue weighted by atomic mass is 10.1. The van der Waals surface area contributed by atoms with E-state index in [0.29, 0.717) is 37.8 Å². The average molecular weight is 572 g/mol. The first-order valence-corrected chi connectivity index (χ1v) is 14.1. The zero-order valence-electron chi connectivity index (χ0n) is 20.4. The van der Waals surface area contributed by atoms with Gasteiger partial charge in [-0.05, 0) is 26.0 Å². The molecule has 1 amide bonds. The Morgan fingerprint density at radius 3 is 2.55 bits per heavy atom. The molecule has 5 heterocycles. The first-order chi connectivity index (χ1) is 18.3. The van der Waals surface area contributed by atoms with Crippen LogP contribution in [0.15, 0.2) is 28.3 Å². The number of alkyl carbamates (subject to hydrolysis) is 1. The van der Waals surface area contributed by atoms with Crippen LogP contribution in [-0.2, 0) is 25.6 Å². The summed E-state index contributed by atoms with van der Waals surface area (Å²) in [6.07, 6.45) is -0.844. The van der Waals surface area contributed by atoms with E-state index in [1.165, 1.54) is 40.9 Å². The van der Waals surface area contributed by atoms with Gasteiger partial charge in [0.05, 0.1) is 18.0 Å². The number of aromatic nitrogens is 4. The first-order valence-electron chi connectivity index (χ1n) is 11.5. The number of esters is 2. The molecule has 1 aliphatic rings. The van der Waals surface area contributed by atoms with Gasteiger partial charge in [-0.15, -0.1) is 34.0 Å². The number of nitrogens with one attached hydrogen (secondary N) is 1.